The van der Waals surface area contributed by atoms with Crippen LogP contribution in [-0.2, 0) is 39.1 Å². The lowest BCUT2D eigenvalue weighted by Crippen LogP contribution is -2.53. The van der Waals surface area contributed by atoms with Gasteiger partial charge in [-0.3, -0.25) is 4.98 Å². The number of benzene rings is 3. The normalized spacial score (nSPS) is 25.5. The summed E-state index contributed by atoms with van der Waals surface area (Å²) in [4.78, 5) is 18.4. The lowest BCUT2D eigenvalue weighted by atomic mass is 9.59. The second kappa shape index (κ2) is 16.8. The molecule has 302 valence electrons. The fourth-order valence-electron chi connectivity index (χ4n) is 9.97. The Kier molecular flexibility index (Phi) is 11.6. The molecule has 1 fully saturated rings. The van der Waals surface area contributed by atoms with E-state index in [0.717, 1.165) is 66.4 Å². The predicted octanol–water partition coefficient (Wildman–Crippen LogP) is 9.65. The molecule has 0 radical (unpaired) electrons. The molecule has 3 aromatic carbocycles. The fraction of sp³-hybridized carbons (Fsp3) is 0.489. The van der Waals surface area contributed by atoms with E-state index in [9.17, 15) is 4.79 Å². The van der Waals surface area contributed by atoms with Gasteiger partial charge in [0.15, 0.2) is 11.5 Å². The highest BCUT2D eigenvalue weighted by Gasteiger charge is 2.55. The van der Waals surface area contributed by atoms with Gasteiger partial charge in [-0.05, 0) is 146 Å². The number of nitrogens with zero attached hydrogens (tertiary/aromatic N) is 1. The Balaban J connectivity index is 1.03. The van der Waals surface area contributed by atoms with Crippen LogP contribution in [0.25, 0.3) is 0 Å². The smallest absolute Gasteiger partial charge is 0.331 e. The topological polar surface area (TPSA) is 97.4 Å². The first-order valence-electron chi connectivity index (χ1n) is 20.6. The van der Waals surface area contributed by atoms with Crippen LogP contribution >= 0.6 is 11.6 Å². The van der Waals surface area contributed by atoms with Gasteiger partial charge in [0.25, 0.3) is 0 Å². The molecule has 1 aromatic heterocycles. The molecule has 1 aliphatic heterocycles. The number of esters is 1. The lowest BCUT2D eigenvalue weighted by Gasteiger charge is -2.47. The summed E-state index contributed by atoms with van der Waals surface area (Å²) in [5, 5.41) is 4.20. The van der Waals surface area contributed by atoms with Gasteiger partial charge in [-0.15, -0.1) is 0 Å². The summed E-state index contributed by atoms with van der Waals surface area (Å²) >= 11 is 6.38. The third-order valence-corrected chi connectivity index (χ3v) is 13.2. The minimum absolute atomic E-state index is 0.170. The molecule has 4 aromatic rings. The zero-order valence-corrected chi connectivity index (χ0v) is 34.4. The van der Waals surface area contributed by atoms with Gasteiger partial charge in [0.1, 0.15) is 36.4 Å². The summed E-state index contributed by atoms with van der Waals surface area (Å²) < 4.78 is 36.6. The van der Waals surface area contributed by atoms with E-state index in [1.165, 1.54) is 42.3 Å². The van der Waals surface area contributed by atoms with Crippen molar-refractivity contribution in [3.8, 4) is 23.0 Å². The predicted molar refractivity (Wildman–Crippen MR) is 221 cm³/mol. The van der Waals surface area contributed by atoms with Gasteiger partial charge in [0, 0.05) is 28.2 Å². The van der Waals surface area contributed by atoms with E-state index in [-0.39, 0.29) is 17.5 Å². The van der Waals surface area contributed by atoms with Crippen LogP contribution in [0.1, 0.15) is 92.7 Å². The molecule has 2 heterocycles. The first kappa shape index (κ1) is 39.4. The molecule has 0 saturated heterocycles. The van der Waals surface area contributed by atoms with E-state index >= 15 is 0 Å². The minimum Gasteiger partial charge on any atom is -0.497 e. The number of carbonyl (C=O) groups is 1. The number of fused-ring (bicyclic) bond motifs is 4. The molecule has 1 unspecified atom stereocenters. The number of aryl methyl sites for hydroxylation is 1. The number of anilines is 1. The molecule has 0 bridgehead atoms. The Bertz CT molecular complexity index is 2050. The van der Waals surface area contributed by atoms with Crippen molar-refractivity contribution < 1.29 is 33.2 Å². The van der Waals surface area contributed by atoms with Crippen molar-refractivity contribution in [3.63, 3.8) is 0 Å². The molecular weight excluding hydrogens is 740 g/mol. The number of hydrogen-bond acceptors (Lipinski definition) is 9. The Morgan fingerprint density at radius 3 is 2.51 bits per heavy atom. The average Bonchev–Trinajstić information content (AvgIpc) is 3.35. The monoisotopic (exact) mass is 794 g/mol. The van der Waals surface area contributed by atoms with Gasteiger partial charge in [-0.25, -0.2) is 4.79 Å². The van der Waals surface area contributed by atoms with Crippen LogP contribution < -0.4 is 24.3 Å². The molecule has 57 heavy (non-hydrogen) atoms. The van der Waals surface area contributed by atoms with Crippen molar-refractivity contribution in [3.05, 3.63) is 106 Å². The minimum atomic E-state index is -0.871. The van der Waals surface area contributed by atoms with Gasteiger partial charge in [0.05, 0.1) is 27.4 Å². The Hall–Kier alpha value is -4.47. The number of aromatic nitrogens is 1. The number of hydrogen-bond donors (Lipinski definition) is 1. The van der Waals surface area contributed by atoms with Crippen molar-refractivity contribution in [2.45, 2.75) is 101 Å². The van der Waals surface area contributed by atoms with E-state index < -0.39 is 5.54 Å². The summed E-state index contributed by atoms with van der Waals surface area (Å²) in [6, 6.07) is 21.9. The summed E-state index contributed by atoms with van der Waals surface area (Å²) in [5.74, 6) is 4.15. The summed E-state index contributed by atoms with van der Waals surface area (Å²) in [7, 11) is 3.14. The van der Waals surface area contributed by atoms with Gasteiger partial charge in [-0.1, -0.05) is 43.6 Å². The molecule has 10 heteroatoms. The maximum Gasteiger partial charge on any atom is 0.331 e. The van der Waals surface area contributed by atoms with Crippen LogP contribution in [-0.4, -0.2) is 56.6 Å². The first-order chi connectivity index (χ1) is 27.7. The first-order valence-corrected chi connectivity index (χ1v) is 21.0. The highest BCUT2D eigenvalue weighted by molar-refractivity contribution is 6.30. The number of carbonyl (C=O) groups excluding carboxylic acids is 1. The summed E-state index contributed by atoms with van der Waals surface area (Å²) in [6.45, 7) is 6.48. The zero-order chi connectivity index (χ0) is 39.6. The molecule has 4 aliphatic rings. The maximum absolute atomic E-state index is 13.7. The number of rotatable bonds is 12. The third kappa shape index (κ3) is 8.15. The Morgan fingerprint density at radius 2 is 1.77 bits per heavy atom. The van der Waals surface area contributed by atoms with E-state index in [1.807, 2.05) is 60.8 Å². The standard InChI is InChI=1S/C47H55ClN2O7/c1-30(26-55-41-15-20-49-40-10-5-7-31(2)44(40)41)21-34-22-33-23-42-43(57-29-38(28-56-42)54-27-32-11-13-37(52-3)14-12-32)25-39(33)46(34)16-18-47(19-17-46,45(51)53-4)50-36-9-6-8-35(48)24-36/h6,8-9,11-15,20,23-25,30-31,34,38,50H,5,7,10,16-19,21-22,26-29H2,1-4H3/t30-,31-,34+,38?,46?,47?/m1/s1. The van der Waals surface area contributed by atoms with Gasteiger partial charge < -0.3 is 33.7 Å². The van der Waals surface area contributed by atoms with Gasteiger partial charge in [0.2, 0.25) is 0 Å². The van der Waals surface area contributed by atoms with E-state index in [0.29, 0.717) is 62.0 Å². The molecule has 3 aliphatic carbocycles. The molecule has 8 rings (SSSR count). The highest BCUT2D eigenvalue weighted by Crippen LogP contribution is 2.58. The van der Waals surface area contributed by atoms with Gasteiger partial charge in [-0.2, -0.15) is 0 Å². The largest absolute Gasteiger partial charge is 0.497 e. The molecule has 1 N–H and O–H groups in total. The Labute approximate surface area is 341 Å². The van der Waals surface area contributed by atoms with Crippen LogP contribution in [0.5, 0.6) is 23.0 Å². The second-order valence-corrected chi connectivity index (χ2v) is 17.2. The summed E-state index contributed by atoms with van der Waals surface area (Å²) in [6.07, 6.45) is 9.79. The zero-order valence-electron chi connectivity index (χ0n) is 33.6. The molecule has 1 saturated carbocycles. The lowest BCUT2D eigenvalue weighted by molar-refractivity contribution is -0.148. The van der Waals surface area contributed by atoms with Crippen LogP contribution in [0.3, 0.4) is 0 Å². The molecule has 4 atom stereocenters. The Morgan fingerprint density at radius 1 is 1.00 bits per heavy atom. The second-order valence-electron chi connectivity index (χ2n) is 16.7. The number of halogens is 1. The van der Waals surface area contributed by atoms with Crippen LogP contribution in [0.15, 0.2) is 72.9 Å². The van der Waals surface area contributed by atoms with Crippen molar-refractivity contribution in [1.29, 1.82) is 0 Å². The SMILES string of the molecule is COC(=O)C1(Nc2cccc(Cl)c2)CCC2(CC1)c1cc3c(cc1C[C@@H]2C[C@@H](C)COc1ccnc2c1[C@H](C)CCC2)OCC(OCc1ccc(OC)cc1)CO3. The van der Waals surface area contributed by atoms with E-state index in [4.69, 9.17) is 45.0 Å². The molecule has 0 amide bonds. The quantitative estimate of drug-likeness (QED) is 0.141. The number of methoxy groups -OCH3 is 2. The van der Waals surface area contributed by atoms with Crippen LogP contribution in [0.2, 0.25) is 5.02 Å². The van der Waals surface area contributed by atoms with Crippen LogP contribution in [0.4, 0.5) is 5.69 Å². The molecule has 9 nitrogen and oxygen atoms in total. The molecule has 1 spiro atoms. The van der Waals surface area contributed by atoms with E-state index in [2.05, 4.69) is 31.3 Å². The average molecular weight is 795 g/mol. The number of ether oxygens (including phenoxy) is 6. The maximum atomic E-state index is 13.7. The highest BCUT2D eigenvalue weighted by atomic mass is 35.5. The van der Waals surface area contributed by atoms with E-state index in [1.54, 1.807) is 7.11 Å². The van der Waals surface area contributed by atoms with Crippen molar-refractivity contribution in [2.75, 3.05) is 39.4 Å². The van der Waals surface area contributed by atoms with Crippen molar-refractivity contribution in [2.24, 2.45) is 11.8 Å². The number of nitrogens with one attached hydrogen (secondary N) is 1. The van der Waals surface area contributed by atoms with Crippen LogP contribution in [0, 0.1) is 11.8 Å². The fourth-order valence-corrected chi connectivity index (χ4v) is 10.2. The summed E-state index contributed by atoms with van der Waals surface area (Å²) in [5.41, 5.74) is 5.90. The number of pyridine rings is 1. The van der Waals surface area contributed by atoms with Crippen molar-refractivity contribution in [1.82, 2.24) is 4.98 Å². The third-order valence-electron chi connectivity index (χ3n) is 13.0. The molecular formula is C47H55ClN2O7. The van der Waals surface area contributed by atoms with Gasteiger partial charge >= 0.3 is 5.97 Å². The van der Waals surface area contributed by atoms with Crippen molar-refractivity contribution >= 4 is 23.3 Å².